The predicted octanol–water partition coefficient (Wildman–Crippen LogP) is 4.32. The Hall–Kier alpha value is -3.94. The Kier molecular flexibility index (Phi) is 4.13. The van der Waals surface area contributed by atoms with E-state index in [9.17, 15) is 4.39 Å². The van der Waals surface area contributed by atoms with Gasteiger partial charge in [0.2, 0.25) is 0 Å². The lowest BCUT2D eigenvalue weighted by molar-refractivity contribution is 0.628. The highest BCUT2D eigenvalue weighted by molar-refractivity contribution is 6.11. The summed E-state index contributed by atoms with van der Waals surface area (Å²) >= 11 is 0. The fourth-order valence-electron chi connectivity index (χ4n) is 2.91. The van der Waals surface area contributed by atoms with E-state index >= 15 is 0 Å². The zero-order valence-corrected chi connectivity index (χ0v) is 14.0. The van der Waals surface area contributed by atoms with Crippen LogP contribution in [0.15, 0.2) is 71.3 Å². The molecule has 0 aliphatic carbocycles. The van der Waals surface area contributed by atoms with Crippen molar-refractivity contribution < 1.29 is 4.39 Å². The highest BCUT2D eigenvalue weighted by Crippen LogP contribution is 2.31. The molecule has 0 saturated heterocycles. The molecule has 0 bridgehead atoms. The van der Waals surface area contributed by atoms with Crippen molar-refractivity contribution in [2.75, 3.05) is 5.32 Å². The van der Waals surface area contributed by atoms with Crippen LogP contribution in [0.1, 0.15) is 5.56 Å². The number of hydrogen-bond donors (Lipinski definition) is 3. The number of fused-ring (bicyclic) bond motifs is 3. The van der Waals surface area contributed by atoms with Gasteiger partial charge in [-0.3, -0.25) is 10.4 Å². The Morgan fingerprint density at radius 1 is 1.07 bits per heavy atom. The van der Waals surface area contributed by atoms with E-state index in [4.69, 9.17) is 11.3 Å². The lowest BCUT2D eigenvalue weighted by atomic mass is 10.1. The van der Waals surface area contributed by atoms with E-state index in [1.54, 1.807) is 36.7 Å². The van der Waals surface area contributed by atoms with Crippen molar-refractivity contribution in [3.05, 3.63) is 72.3 Å². The molecule has 0 saturated carbocycles. The summed E-state index contributed by atoms with van der Waals surface area (Å²) in [5.41, 5.74) is 1.76. The molecule has 2 aromatic heterocycles. The Bertz CT molecular complexity index is 1200. The van der Waals surface area contributed by atoms with Crippen molar-refractivity contribution in [3.63, 3.8) is 0 Å². The minimum atomic E-state index is -0.338. The standard InChI is InChI=1S/C19H14FN7/c20-12-2-1-3-13(9-12)24-19-15-6-7-23-10-16(15)14-5-4-11(8-17(14)25-19)18(21)26-27-22/h1-10H,(H,24,25)(H3,21,22,26). The van der Waals surface area contributed by atoms with Crippen molar-refractivity contribution in [2.45, 2.75) is 0 Å². The van der Waals surface area contributed by atoms with Gasteiger partial charge in [-0.15, -0.1) is 5.11 Å². The first-order chi connectivity index (χ1) is 13.2. The maximum atomic E-state index is 13.5. The maximum absolute atomic E-state index is 13.5. The van der Waals surface area contributed by atoms with Gasteiger partial charge in [0.1, 0.15) is 11.6 Å². The largest absolute Gasteiger partial charge is 0.340 e. The van der Waals surface area contributed by atoms with Crippen LogP contribution in [0.3, 0.4) is 0 Å². The summed E-state index contributed by atoms with van der Waals surface area (Å²) in [4.78, 5) is 8.87. The molecule has 0 atom stereocenters. The van der Waals surface area contributed by atoms with Crippen LogP contribution in [0, 0.1) is 11.2 Å². The maximum Gasteiger partial charge on any atom is 0.176 e. The number of rotatable bonds is 3. The molecular weight excluding hydrogens is 345 g/mol. The van der Waals surface area contributed by atoms with Gasteiger partial charge < -0.3 is 11.2 Å². The van der Waals surface area contributed by atoms with Crippen LogP contribution in [0.5, 0.6) is 0 Å². The van der Waals surface area contributed by atoms with Crippen LogP contribution in [-0.4, -0.2) is 15.8 Å². The molecule has 0 aliphatic heterocycles. The van der Waals surface area contributed by atoms with Crippen LogP contribution in [0.2, 0.25) is 0 Å². The van der Waals surface area contributed by atoms with Crippen molar-refractivity contribution in [1.82, 2.24) is 9.97 Å². The number of pyridine rings is 2. The Morgan fingerprint density at radius 2 is 1.96 bits per heavy atom. The highest BCUT2D eigenvalue weighted by Gasteiger charge is 2.11. The predicted molar refractivity (Wildman–Crippen MR) is 103 cm³/mol. The van der Waals surface area contributed by atoms with E-state index in [2.05, 4.69) is 25.6 Å². The van der Waals surface area contributed by atoms with Crippen LogP contribution in [0.4, 0.5) is 15.9 Å². The molecule has 2 heterocycles. The van der Waals surface area contributed by atoms with Gasteiger partial charge in [0.15, 0.2) is 5.84 Å². The molecule has 0 aliphatic rings. The van der Waals surface area contributed by atoms with Gasteiger partial charge in [-0.2, -0.15) is 0 Å². The SMILES string of the molecule is N=C(N=NN)c1ccc2c(c1)nc(Nc1cccc(F)c1)c1ccncc12. The quantitative estimate of drug-likeness (QED) is 0.126. The second-order valence-electron chi connectivity index (χ2n) is 5.81. The number of anilines is 2. The molecule has 132 valence electrons. The molecular formula is C19H14FN7. The van der Waals surface area contributed by atoms with Crippen molar-refractivity contribution in [1.29, 1.82) is 5.41 Å². The minimum absolute atomic E-state index is 0.0628. The molecule has 0 spiro atoms. The monoisotopic (exact) mass is 359 g/mol. The third kappa shape index (κ3) is 3.15. The van der Waals surface area contributed by atoms with Crippen molar-refractivity contribution >= 4 is 39.0 Å². The van der Waals surface area contributed by atoms with E-state index in [-0.39, 0.29) is 11.7 Å². The van der Waals surface area contributed by atoms with Crippen LogP contribution in [0.25, 0.3) is 21.7 Å². The smallest absolute Gasteiger partial charge is 0.176 e. The van der Waals surface area contributed by atoms with E-state index in [0.29, 0.717) is 22.6 Å². The third-order valence-electron chi connectivity index (χ3n) is 4.11. The molecule has 0 unspecified atom stereocenters. The zero-order valence-electron chi connectivity index (χ0n) is 14.0. The third-order valence-corrected chi connectivity index (χ3v) is 4.11. The average Bonchev–Trinajstić information content (AvgIpc) is 2.68. The molecule has 2 aromatic carbocycles. The molecule has 4 rings (SSSR count). The van der Waals surface area contributed by atoms with E-state index in [1.807, 2.05) is 12.1 Å². The van der Waals surface area contributed by atoms with Crippen LogP contribution in [-0.2, 0) is 0 Å². The van der Waals surface area contributed by atoms with Gasteiger partial charge >= 0.3 is 0 Å². The summed E-state index contributed by atoms with van der Waals surface area (Å²) in [5.74, 6) is 5.19. The molecule has 0 fully saturated rings. The number of nitrogens with two attached hydrogens (primary N) is 1. The number of hydrogen-bond acceptors (Lipinski definition) is 5. The summed E-state index contributed by atoms with van der Waals surface area (Å²) in [7, 11) is 0. The zero-order chi connectivity index (χ0) is 18.8. The number of amidine groups is 1. The first kappa shape index (κ1) is 16.5. The summed E-state index contributed by atoms with van der Waals surface area (Å²) < 4.78 is 13.5. The van der Waals surface area contributed by atoms with Gasteiger partial charge in [0, 0.05) is 39.8 Å². The fourth-order valence-corrected chi connectivity index (χ4v) is 2.91. The van der Waals surface area contributed by atoms with Gasteiger partial charge in [-0.05, 0) is 30.3 Å². The first-order valence-electron chi connectivity index (χ1n) is 8.05. The molecule has 4 aromatic rings. The van der Waals surface area contributed by atoms with Gasteiger partial charge in [-0.1, -0.05) is 23.4 Å². The Balaban J connectivity index is 1.91. The highest BCUT2D eigenvalue weighted by atomic mass is 19.1. The average molecular weight is 359 g/mol. The Morgan fingerprint density at radius 3 is 2.78 bits per heavy atom. The number of halogens is 1. The lowest BCUT2D eigenvalue weighted by Crippen LogP contribution is -1.99. The Labute approximate surface area is 153 Å². The van der Waals surface area contributed by atoms with E-state index in [1.165, 1.54) is 12.1 Å². The molecule has 27 heavy (non-hydrogen) atoms. The molecule has 0 amide bonds. The molecule has 0 radical (unpaired) electrons. The number of benzene rings is 2. The minimum Gasteiger partial charge on any atom is -0.340 e. The van der Waals surface area contributed by atoms with Gasteiger partial charge in [0.25, 0.3) is 0 Å². The summed E-state index contributed by atoms with van der Waals surface area (Å²) in [6.07, 6.45) is 3.43. The lowest BCUT2D eigenvalue weighted by Gasteiger charge is -2.12. The first-order valence-corrected chi connectivity index (χ1v) is 8.05. The number of aromatic nitrogens is 2. The van der Waals surface area contributed by atoms with Crippen molar-refractivity contribution in [3.8, 4) is 0 Å². The second-order valence-corrected chi connectivity index (χ2v) is 5.81. The second kappa shape index (κ2) is 6.75. The fraction of sp³-hybridized carbons (Fsp3) is 0. The summed E-state index contributed by atoms with van der Waals surface area (Å²) in [6, 6.07) is 13.4. The van der Waals surface area contributed by atoms with Crippen LogP contribution >= 0.6 is 0 Å². The summed E-state index contributed by atoms with van der Waals surface area (Å²) in [5, 5.41) is 20.4. The van der Waals surface area contributed by atoms with Crippen molar-refractivity contribution in [2.24, 2.45) is 16.2 Å². The van der Waals surface area contributed by atoms with Gasteiger partial charge in [-0.25, -0.2) is 9.37 Å². The summed E-state index contributed by atoms with van der Waals surface area (Å²) in [6.45, 7) is 0. The van der Waals surface area contributed by atoms with E-state index < -0.39 is 0 Å². The van der Waals surface area contributed by atoms with Gasteiger partial charge in [0.05, 0.1) is 5.52 Å². The van der Waals surface area contributed by atoms with Crippen LogP contribution < -0.4 is 11.2 Å². The molecule has 4 N–H and O–H groups in total. The normalized spacial score (nSPS) is 11.3. The number of nitrogens with one attached hydrogen (secondary N) is 2. The topological polar surface area (TPSA) is 112 Å². The molecule has 7 nitrogen and oxygen atoms in total. The number of nitrogens with zero attached hydrogens (tertiary/aromatic N) is 4. The van der Waals surface area contributed by atoms with E-state index in [0.717, 1.165) is 16.2 Å². The molecule has 8 heteroatoms.